The van der Waals surface area contributed by atoms with Crippen LogP contribution in [0.4, 0.5) is 4.39 Å². The van der Waals surface area contributed by atoms with E-state index in [0.29, 0.717) is 11.5 Å². The van der Waals surface area contributed by atoms with Crippen LogP contribution in [0, 0.1) is 17.1 Å². The number of nitrogens with zero attached hydrogens (tertiary/aromatic N) is 3. The van der Waals surface area contributed by atoms with Gasteiger partial charge in [0.1, 0.15) is 5.82 Å². The van der Waals surface area contributed by atoms with E-state index < -0.39 is 0 Å². The summed E-state index contributed by atoms with van der Waals surface area (Å²) in [6.07, 6.45) is 4.41. The minimum Gasteiger partial charge on any atom is -0.371 e. The van der Waals surface area contributed by atoms with Gasteiger partial charge in [-0.25, -0.2) is 4.39 Å². The molecule has 5 rings (SSSR count). The van der Waals surface area contributed by atoms with Crippen LogP contribution in [-0.4, -0.2) is 22.6 Å². The molecule has 0 atom stereocenters. The first-order chi connectivity index (χ1) is 16.1. The maximum Gasteiger partial charge on any atom is 0.123 e. The summed E-state index contributed by atoms with van der Waals surface area (Å²) < 4.78 is 15.6. The quantitative estimate of drug-likeness (QED) is 0.356. The zero-order valence-electron chi connectivity index (χ0n) is 18.5. The SMILES string of the molecule is C=C(c1cccc(C#N)c1)N1CCC(c2cn(Cc3ccc(F)cc3)c3ccccc23)CC1. The van der Waals surface area contributed by atoms with Gasteiger partial charge >= 0.3 is 0 Å². The van der Waals surface area contributed by atoms with E-state index in [0.717, 1.165) is 49.3 Å². The lowest BCUT2D eigenvalue weighted by molar-refractivity contribution is 0.300. The lowest BCUT2D eigenvalue weighted by Crippen LogP contribution is -2.31. The molecular weight excluding hydrogens is 409 g/mol. The molecule has 0 spiro atoms. The number of halogens is 1. The molecule has 33 heavy (non-hydrogen) atoms. The molecule has 4 heteroatoms. The van der Waals surface area contributed by atoms with Crippen LogP contribution < -0.4 is 0 Å². The molecule has 1 aromatic heterocycles. The summed E-state index contributed by atoms with van der Waals surface area (Å²) in [4.78, 5) is 2.34. The number of likely N-dealkylation sites (tertiary alicyclic amines) is 1. The van der Waals surface area contributed by atoms with Crippen LogP contribution in [0.3, 0.4) is 0 Å². The number of para-hydroxylation sites is 1. The van der Waals surface area contributed by atoms with Crippen molar-refractivity contribution < 1.29 is 4.39 Å². The van der Waals surface area contributed by atoms with Gasteiger partial charge in [-0.2, -0.15) is 5.26 Å². The maximum atomic E-state index is 13.3. The van der Waals surface area contributed by atoms with Gasteiger partial charge in [0.05, 0.1) is 11.6 Å². The molecule has 4 aromatic rings. The predicted octanol–water partition coefficient (Wildman–Crippen LogP) is 6.55. The Morgan fingerprint density at radius 3 is 2.52 bits per heavy atom. The van der Waals surface area contributed by atoms with Crippen molar-refractivity contribution in [3.63, 3.8) is 0 Å². The summed E-state index contributed by atoms with van der Waals surface area (Å²) in [6, 6.07) is 25.2. The highest BCUT2D eigenvalue weighted by molar-refractivity contribution is 5.84. The molecule has 0 amide bonds. The van der Waals surface area contributed by atoms with Gasteiger partial charge in [0.15, 0.2) is 0 Å². The Bertz CT molecular complexity index is 1340. The van der Waals surface area contributed by atoms with Gasteiger partial charge in [0.25, 0.3) is 0 Å². The van der Waals surface area contributed by atoms with Crippen molar-refractivity contribution in [3.05, 3.63) is 114 Å². The van der Waals surface area contributed by atoms with E-state index in [2.05, 4.69) is 52.6 Å². The topological polar surface area (TPSA) is 32.0 Å². The molecule has 1 fully saturated rings. The molecule has 0 aliphatic carbocycles. The van der Waals surface area contributed by atoms with Gasteiger partial charge in [-0.05, 0) is 65.8 Å². The molecule has 3 aromatic carbocycles. The number of benzene rings is 3. The van der Waals surface area contributed by atoms with Gasteiger partial charge in [0, 0.05) is 42.4 Å². The van der Waals surface area contributed by atoms with Gasteiger partial charge in [-0.15, -0.1) is 0 Å². The summed E-state index contributed by atoms with van der Waals surface area (Å²) >= 11 is 0. The van der Waals surface area contributed by atoms with E-state index in [1.807, 2.05) is 36.4 Å². The van der Waals surface area contributed by atoms with E-state index in [1.54, 1.807) is 0 Å². The number of hydrogen-bond donors (Lipinski definition) is 0. The number of aromatic nitrogens is 1. The van der Waals surface area contributed by atoms with Crippen molar-refractivity contribution >= 4 is 16.6 Å². The normalized spacial score (nSPS) is 14.4. The van der Waals surface area contributed by atoms with Crippen LogP contribution in [0.25, 0.3) is 16.6 Å². The van der Waals surface area contributed by atoms with Crippen LogP contribution in [0.15, 0.2) is 85.6 Å². The number of nitriles is 1. The average Bonchev–Trinajstić information content (AvgIpc) is 3.23. The highest BCUT2D eigenvalue weighted by Crippen LogP contribution is 2.36. The molecule has 0 saturated carbocycles. The predicted molar refractivity (Wildman–Crippen MR) is 131 cm³/mol. The Hall–Kier alpha value is -3.84. The summed E-state index contributed by atoms with van der Waals surface area (Å²) in [6.45, 7) is 6.93. The minimum atomic E-state index is -0.204. The van der Waals surface area contributed by atoms with Crippen LogP contribution >= 0.6 is 0 Å². The summed E-state index contributed by atoms with van der Waals surface area (Å²) in [5, 5.41) is 10.5. The smallest absolute Gasteiger partial charge is 0.123 e. The molecule has 2 heterocycles. The van der Waals surface area contributed by atoms with Crippen molar-refractivity contribution in [1.29, 1.82) is 5.26 Å². The zero-order chi connectivity index (χ0) is 22.8. The first-order valence-electron chi connectivity index (χ1n) is 11.4. The summed E-state index contributed by atoms with van der Waals surface area (Å²) in [5.41, 5.74) is 6.38. The molecular formula is C29H26FN3. The third kappa shape index (κ3) is 4.27. The molecule has 0 bridgehead atoms. The van der Waals surface area contributed by atoms with Gasteiger partial charge in [-0.3, -0.25) is 0 Å². The Kier molecular flexibility index (Phi) is 5.71. The highest BCUT2D eigenvalue weighted by atomic mass is 19.1. The van der Waals surface area contributed by atoms with E-state index in [4.69, 9.17) is 0 Å². The molecule has 0 N–H and O–H groups in total. The Balaban J connectivity index is 1.35. The van der Waals surface area contributed by atoms with E-state index in [1.165, 1.54) is 28.6 Å². The van der Waals surface area contributed by atoms with Crippen LogP contribution in [0.5, 0.6) is 0 Å². The molecule has 1 saturated heterocycles. The van der Waals surface area contributed by atoms with E-state index in [-0.39, 0.29) is 5.82 Å². The van der Waals surface area contributed by atoms with Gasteiger partial charge in [0.2, 0.25) is 0 Å². The van der Waals surface area contributed by atoms with Crippen LogP contribution in [-0.2, 0) is 6.54 Å². The number of rotatable bonds is 5. The van der Waals surface area contributed by atoms with Crippen LogP contribution in [0.2, 0.25) is 0 Å². The zero-order valence-corrected chi connectivity index (χ0v) is 18.5. The van der Waals surface area contributed by atoms with Gasteiger partial charge in [-0.1, -0.05) is 49.0 Å². The van der Waals surface area contributed by atoms with Crippen LogP contribution in [0.1, 0.15) is 41.0 Å². The van der Waals surface area contributed by atoms with E-state index >= 15 is 0 Å². The fraction of sp³-hybridized carbons (Fsp3) is 0.207. The van der Waals surface area contributed by atoms with Crippen molar-refractivity contribution in [2.24, 2.45) is 0 Å². The van der Waals surface area contributed by atoms with Crippen molar-refractivity contribution in [3.8, 4) is 6.07 Å². The Labute approximate surface area is 194 Å². The number of hydrogen-bond acceptors (Lipinski definition) is 2. The standard InChI is InChI=1S/C29H26FN3/c1-21(25-6-4-5-23(17-25)18-31)32-15-13-24(14-16-32)28-20-33(29-8-3-2-7-27(28)29)19-22-9-11-26(30)12-10-22/h2-12,17,20,24H,1,13-16,19H2. The second-order valence-corrected chi connectivity index (χ2v) is 8.76. The second-order valence-electron chi connectivity index (χ2n) is 8.76. The first kappa shape index (κ1) is 21.0. The lowest BCUT2D eigenvalue weighted by Gasteiger charge is -2.35. The monoisotopic (exact) mass is 435 g/mol. The second kappa shape index (κ2) is 8.96. The maximum absolute atomic E-state index is 13.3. The molecule has 1 aliphatic rings. The van der Waals surface area contributed by atoms with Crippen molar-refractivity contribution in [2.75, 3.05) is 13.1 Å². The van der Waals surface area contributed by atoms with Crippen molar-refractivity contribution in [1.82, 2.24) is 9.47 Å². The lowest BCUT2D eigenvalue weighted by atomic mass is 9.88. The minimum absolute atomic E-state index is 0.204. The first-order valence-corrected chi connectivity index (χ1v) is 11.4. The molecule has 0 unspecified atom stereocenters. The fourth-order valence-corrected chi connectivity index (χ4v) is 4.93. The Morgan fingerprint density at radius 2 is 1.76 bits per heavy atom. The summed E-state index contributed by atoms with van der Waals surface area (Å²) in [5.74, 6) is 0.281. The third-order valence-corrected chi connectivity index (χ3v) is 6.73. The molecule has 164 valence electrons. The average molecular weight is 436 g/mol. The molecule has 3 nitrogen and oxygen atoms in total. The van der Waals surface area contributed by atoms with Gasteiger partial charge < -0.3 is 9.47 Å². The number of fused-ring (bicyclic) bond motifs is 1. The molecule has 0 radical (unpaired) electrons. The fourth-order valence-electron chi connectivity index (χ4n) is 4.93. The molecule has 1 aliphatic heterocycles. The highest BCUT2D eigenvalue weighted by Gasteiger charge is 2.25. The number of piperidine rings is 1. The van der Waals surface area contributed by atoms with Crippen molar-refractivity contribution in [2.45, 2.75) is 25.3 Å². The summed E-state index contributed by atoms with van der Waals surface area (Å²) in [7, 11) is 0. The Morgan fingerprint density at radius 1 is 1.00 bits per heavy atom. The van der Waals surface area contributed by atoms with E-state index in [9.17, 15) is 9.65 Å². The third-order valence-electron chi connectivity index (χ3n) is 6.73. The largest absolute Gasteiger partial charge is 0.371 e.